The molecule has 1 spiro atoms. The van der Waals surface area contributed by atoms with Gasteiger partial charge in [-0.3, -0.25) is 14.5 Å². The fraction of sp³-hybridized carbons (Fsp3) is 0.571. The fourth-order valence-corrected chi connectivity index (χ4v) is 6.55. The van der Waals surface area contributed by atoms with E-state index in [0.717, 1.165) is 28.9 Å². The molecule has 0 aromatic heterocycles. The zero-order valence-corrected chi connectivity index (χ0v) is 17.9. The lowest BCUT2D eigenvalue weighted by atomic mass is 9.92. The summed E-state index contributed by atoms with van der Waals surface area (Å²) in [5.74, 6) is -0.770. The van der Waals surface area contributed by atoms with Crippen molar-refractivity contribution in [2.24, 2.45) is 0 Å². The van der Waals surface area contributed by atoms with Crippen LogP contribution in [-0.2, 0) is 31.4 Å². The smallest absolute Gasteiger partial charge is 0.325 e. The number of hydrogen-bond acceptors (Lipinski definition) is 5. The third kappa shape index (κ3) is 3.49. The molecule has 2 fully saturated rings. The Bertz CT molecular complexity index is 992. The molecule has 4 amide bonds. The van der Waals surface area contributed by atoms with Crippen molar-refractivity contribution in [2.45, 2.75) is 50.6 Å². The van der Waals surface area contributed by atoms with Gasteiger partial charge in [0.1, 0.15) is 12.1 Å². The average molecular weight is 434 g/mol. The lowest BCUT2D eigenvalue weighted by Gasteiger charge is -2.29. The van der Waals surface area contributed by atoms with Crippen molar-refractivity contribution >= 4 is 27.7 Å². The molecule has 162 valence electrons. The van der Waals surface area contributed by atoms with Crippen molar-refractivity contribution in [3.8, 4) is 0 Å². The first kappa shape index (κ1) is 20.8. The number of amides is 4. The van der Waals surface area contributed by atoms with Crippen LogP contribution in [-0.4, -0.2) is 66.7 Å². The number of carbonyl (C=O) groups is 3. The molecular formula is C21H27N3O5S. The quantitative estimate of drug-likeness (QED) is 0.679. The number of carbonyl (C=O) groups excluding carboxylic acids is 3. The first-order valence-electron chi connectivity index (χ1n) is 10.5. The Hall–Kier alpha value is -2.42. The molecular weight excluding hydrogens is 406 g/mol. The third-order valence-electron chi connectivity index (χ3n) is 6.44. The molecule has 1 aromatic rings. The number of urea groups is 1. The number of hydrogen-bond donors (Lipinski definition) is 1. The lowest BCUT2D eigenvalue weighted by Crippen LogP contribution is -2.48. The summed E-state index contributed by atoms with van der Waals surface area (Å²) in [6.07, 6.45) is 3.15. The molecule has 1 aromatic carbocycles. The van der Waals surface area contributed by atoms with Gasteiger partial charge in [0.2, 0.25) is 5.91 Å². The molecule has 2 aliphatic heterocycles. The maximum absolute atomic E-state index is 13.3. The Morgan fingerprint density at radius 1 is 1.30 bits per heavy atom. The second-order valence-electron chi connectivity index (χ2n) is 8.38. The number of nitrogens with one attached hydrogen (secondary N) is 1. The molecule has 2 saturated heterocycles. The van der Waals surface area contributed by atoms with Crippen LogP contribution in [0.25, 0.3) is 0 Å². The van der Waals surface area contributed by atoms with Crippen LogP contribution in [0.1, 0.15) is 43.7 Å². The van der Waals surface area contributed by atoms with Crippen molar-refractivity contribution in [1.29, 1.82) is 0 Å². The third-order valence-corrected chi connectivity index (χ3v) is 8.19. The predicted molar refractivity (Wildman–Crippen MR) is 110 cm³/mol. The van der Waals surface area contributed by atoms with Crippen LogP contribution in [0.15, 0.2) is 24.3 Å². The monoisotopic (exact) mass is 433 g/mol. The fourth-order valence-electron chi connectivity index (χ4n) is 4.82. The second-order valence-corrected chi connectivity index (χ2v) is 10.6. The van der Waals surface area contributed by atoms with Gasteiger partial charge in [0.15, 0.2) is 9.84 Å². The standard InChI is InChI=1S/C21H27N3O5S/c1-2-3-11-23(16-9-12-30(28,29)14-16)18(25)13-24-19(26)21(22-20(24)27)10-8-15-6-4-5-7-17(15)21/h4-7,16H,2-3,8-14H2,1H3,(H,22,27). The molecule has 0 saturated carbocycles. The van der Waals surface area contributed by atoms with Crippen molar-refractivity contribution < 1.29 is 22.8 Å². The van der Waals surface area contributed by atoms with Crippen LogP contribution < -0.4 is 5.32 Å². The van der Waals surface area contributed by atoms with Crippen molar-refractivity contribution in [3.05, 3.63) is 35.4 Å². The van der Waals surface area contributed by atoms with Gasteiger partial charge in [0.05, 0.1) is 11.5 Å². The minimum absolute atomic E-state index is 0.0556. The highest BCUT2D eigenvalue weighted by atomic mass is 32.2. The molecule has 0 bridgehead atoms. The summed E-state index contributed by atoms with van der Waals surface area (Å²) in [6.45, 7) is 2.05. The van der Waals surface area contributed by atoms with E-state index in [1.165, 1.54) is 0 Å². The Kier molecular flexibility index (Phi) is 5.34. The molecule has 8 nitrogen and oxygen atoms in total. The summed E-state index contributed by atoms with van der Waals surface area (Å²) in [4.78, 5) is 41.6. The van der Waals surface area contributed by atoms with E-state index in [2.05, 4.69) is 5.32 Å². The first-order chi connectivity index (χ1) is 14.3. The predicted octanol–water partition coefficient (Wildman–Crippen LogP) is 1.20. The molecule has 30 heavy (non-hydrogen) atoms. The average Bonchev–Trinajstić information content (AvgIpc) is 3.33. The summed E-state index contributed by atoms with van der Waals surface area (Å²) < 4.78 is 23.8. The molecule has 3 aliphatic rings. The maximum Gasteiger partial charge on any atom is 0.325 e. The highest BCUT2D eigenvalue weighted by molar-refractivity contribution is 7.91. The zero-order chi connectivity index (χ0) is 21.5. The van der Waals surface area contributed by atoms with E-state index in [9.17, 15) is 22.8 Å². The van der Waals surface area contributed by atoms with Gasteiger partial charge in [-0.15, -0.1) is 0 Å². The van der Waals surface area contributed by atoms with Gasteiger partial charge in [-0.05, 0) is 36.8 Å². The van der Waals surface area contributed by atoms with Crippen molar-refractivity contribution in [2.75, 3.05) is 24.6 Å². The van der Waals surface area contributed by atoms with Crippen molar-refractivity contribution in [3.63, 3.8) is 0 Å². The molecule has 1 aliphatic carbocycles. The van der Waals surface area contributed by atoms with Crippen molar-refractivity contribution in [1.82, 2.24) is 15.1 Å². The van der Waals surface area contributed by atoms with E-state index >= 15 is 0 Å². The van der Waals surface area contributed by atoms with Gasteiger partial charge in [-0.25, -0.2) is 13.2 Å². The number of imide groups is 1. The van der Waals surface area contributed by atoms with E-state index in [-0.39, 0.29) is 24.0 Å². The Labute approximate surface area is 176 Å². The highest BCUT2D eigenvalue weighted by Gasteiger charge is 2.55. The number of nitrogens with zero attached hydrogens (tertiary/aromatic N) is 2. The summed E-state index contributed by atoms with van der Waals surface area (Å²) in [6, 6.07) is 6.58. The second kappa shape index (κ2) is 7.68. The molecule has 1 N–H and O–H groups in total. The van der Waals surface area contributed by atoms with E-state index in [1.54, 1.807) is 4.90 Å². The first-order valence-corrected chi connectivity index (χ1v) is 12.3. The summed E-state index contributed by atoms with van der Waals surface area (Å²) in [5.41, 5.74) is 0.724. The highest BCUT2D eigenvalue weighted by Crippen LogP contribution is 2.41. The van der Waals surface area contributed by atoms with Crippen LogP contribution in [0.3, 0.4) is 0 Å². The van der Waals surface area contributed by atoms with Gasteiger partial charge < -0.3 is 10.2 Å². The van der Waals surface area contributed by atoms with E-state index in [0.29, 0.717) is 25.8 Å². The normalized spacial score (nSPS) is 26.8. The summed E-state index contributed by atoms with van der Waals surface area (Å²) in [7, 11) is -3.15. The van der Waals surface area contributed by atoms with E-state index in [1.807, 2.05) is 31.2 Å². The number of rotatable bonds is 6. The van der Waals surface area contributed by atoms with Crippen LogP contribution in [0.4, 0.5) is 4.79 Å². The molecule has 2 unspecified atom stereocenters. The number of benzene rings is 1. The topological polar surface area (TPSA) is 104 Å². The summed E-state index contributed by atoms with van der Waals surface area (Å²) in [5, 5.41) is 2.83. The molecule has 0 radical (unpaired) electrons. The number of unbranched alkanes of at least 4 members (excludes halogenated alkanes) is 1. The SMILES string of the molecule is CCCCN(C(=O)CN1C(=O)NC2(CCc3ccccc32)C1=O)C1CCS(=O)(=O)C1. The molecule has 2 atom stereocenters. The van der Waals surface area contributed by atoms with Gasteiger partial charge in [0.25, 0.3) is 5.91 Å². The lowest BCUT2D eigenvalue weighted by molar-refractivity contribution is -0.140. The maximum atomic E-state index is 13.3. The number of fused-ring (bicyclic) bond motifs is 2. The van der Waals surface area contributed by atoms with Crippen LogP contribution >= 0.6 is 0 Å². The van der Waals surface area contributed by atoms with Gasteiger partial charge in [-0.1, -0.05) is 37.6 Å². The molecule has 9 heteroatoms. The summed E-state index contributed by atoms with van der Waals surface area (Å²) >= 11 is 0. The largest absolute Gasteiger partial charge is 0.337 e. The number of aryl methyl sites for hydroxylation is 1. The minimum Gasteiger partial charge on any atom is -0.337 e. The van der Waals surface area contributed by atoms with E-state index in [4.69, 9.17) is 0 Å². The van der Waals surface area contributed by atoms with Gasteiger partial charge >= 0.3 is 6.03 Å². The molecule has 2 heterocycles. The zero-order valence-electron chi connectivity index (χ0n) is 17.1. The Morgan fingerprint density at radius 2 is 2.07 bits per heavy atom. The van der Waals surface area contributed by atoms with Gasteiger partial charge in [0, 0.05) is 12.6 Å². The minimum atomic E-state index is -3.15. The Balaban J connectivity index is 1.53. The van der Waals surface area contributed by atoms with E-state index < -0.39 is 33.4 Å². The van der Waals surface area contributed by atoms with Crippen LogP contribution in [0.5, 0.6) is 0 Å². The Morgan fingerprint density at radius 3 is 2.77 bits per heavy atom. The number of sulfone groups is 1. The van der Waals surface area contributed by atoms with Crippen LogP contribution in [0.2, 0.25) is 0 Å². The molecule has 4 rings (SSSR count). The van der Waals surface area contributed by atoms with Crippen LogP contribution in [0, 0.1) is 0 Å². The van der Waals surface area contributed by atoms with Gasteiger partial charge in [-0.2, -0.15) is 0 Å².